The van der Waals surface area contributed by atoms with Gasteiger partial charge in [0.25, 0.3) is 5.91 Å². The molecule has 3 rings (SSSR count). The summed E-state index contributed by atoms with van der Waals surface area (Å²) in [5.41, 5.74) is 1.04. The van der Waals surface area contributed by atoms with Crippen LogP contribution in [0.4, 0.5) is 9.52 Å². The second-order valence-corrected chi connectivity index (χ2v) is 5.53. The summed E-state index contributed by atoms with van der Waals surface area (Å²) in [5, 5.41) is 3.01. The molecule has 0 aliphatic heterocycles. The third-order valence-corrected chi connectivity index (χ3v) is 3.80. The van der Waals surface area contributed by atoms with Gasteiger partial charge < -0.3 is 0 Å². The minimum Gasteiger partial charge on any atom is -0.297 e. The lowest BCUT2D eigenvalue weighted by Gasteiger charge is -2.03. The minimum absolute atomic E-state index is 0.0466. The number of benzene rings is 2. The Bertz CT molecular complexity index is 823. The lowest BCUT2D eigenvalue weighted by molar-refractivity contribution is 0.102. The maximum absolute atomic E-state index is 13.0. The van der Waals surface area contributed by atoms with Crippen molar-refractivity contribution in [1.29, 1.82) is 0 Å². The highest BCUT2D eigenvalue weighted by atomic mass is 35.5. The zero-order chi connectivity index (χ0) is 15.5. The third kappa shape index (κ3) is 3.13. The number of amides is 1. The molecule has 1 heterocycles. The van der Waals surface area contributed by atoms with E-state index in [0.717, 1.165) is 23.2 Å². The summed E-state index contributed by atoms with van der Waals surface area (Å²) in [6, 6.07) is 13.0. The quantitative estimate of drug-likeness (QED) is 0.779. The number of rotatable bonds is 3. The van der Waals surface area contributed by atoms with Crippen LogP contribution in [0, 0.1) is 5.82 Å². The van der Waals surface area contributed by atoms with Crippen molar-refractivity contribution in [2.45, 2.75) is 0 Å². The SMILES string of the molecule is O=C(Nc1nc(-c2ccccc2)ns1)c1ccc(F)cc1Cl. The predicted molar refractivity (Wildman–Crippen MR) is 84.7 cm³/mol. The summed E-state index contributed by atoms with van der Waals surface area (Å²) >= 11 is 6.92. The maximum Gasteiger partial charge on any atom is 0.258 e. The smallest absolute Gasteiger partial charge is 0.258 e. The molecule has 1 N–H and O–H groups in total. The first kappa shape index (κ1) is 14.6. The van der Waals surface area contributed by atoms with Gasteiger partial charge in [0, 0.05) is 17.1 Å². The van der Waals surface area contributed by atoms with Crippen molar-refractivity contribution in [3.05, 3.63) is 64.9 Å². The number of carbonyl (C=O) groups is 1. The Balaban J connectivity index is 1.79. The molecule has 0 saturated heterocycles. The zero-order valence-electron chi connectivity index (χ0n) is 11.1. The average Bonchev–Trinajstić information content (AvgIpc) is 2.96. The summed E-state index contributed by atoms with van der Waals surface area (Å²) in [6.45, 7) is 0. The van der Waals surface area contributed by atoms with Gasteiger partial charge in [-0.25, -0.2) is 4.39 Å². The molecule has 0 aliphatic carbocycles. The van der Waals surface area contributed by atoms with E-state index >= 15 is 0 Å². The molecule has 0 atom stereocenters. The van der Waals surface area contributed by atoms with E-state index in [2.05, 4.69) is 14.7 Å². The Kier molecular flexibility index (Phi) is 4.13. The molecule has 3 aromatic rings. The Morgan fingerprint density at radius 1 is 1.18 bits per heavy atom. The summed E-state index contributed by atoms with van der Waals surface area (Å²) in [5.74, 6) is -0.421. The van der Waals surface area contributed by atoms with Crippen LogP contribution in [0.1, 0.15) is 10.4 Å². The monoisotopic (exact) mass is 333 g/mol. The Labute approximate surface area is 134 Å². The van der Waals surface area contributed by atoms with E-state index in [9.17, 15) is 9.18 Å². The fraction of sp³-hybridized carbons (Fsp3) is 0. The van der Waals surface area contributed by atoms with Crippen LogP contribution in [0.15, 0.2) is 48.5 Å². The zero-order valence-corrected chi connectivity index (χ0v) is 12.7. The van der Waals surface area contributed by atoms with Gasteiger partial charge in [0.2, 0.25) is 5.13 Å². The molecule has 1 aromatic heterocycles. The van der Waals surface area contributed by atoms with Crippen molar-refractivity contribution in [1.82, 2.24) is 9.36 Å². The normalized spacial score (nSPS) is 10.5. The summed E-state index contributed by atoms with van der Waals surface area (Å²) in [7, 11) is 0. The van der Waals surface area contributed by atoms with Crippen molar-refractivity contribution in [2.24, 2.45) is 0 Å². The fourth-order valence-electron chi connectivity index (χ4n) is 1.82. The second-order valence-electron chi connectivity index (χ2n) is 4.37. The van der Waals surface area contributed by atoms with Crippen molar-refractivity contribution in [3.63, 3.8) is 0 Å². The highest BCUT2D eigenvalue weighted by molar-refractivity contribution is 7.10. The molecule has 0 bridgehead atoms. The number of nitrogens with one attached hydrogen (secondary N) is 1. The third-order valence-electron chi connectivity index (χ3n) is 2.85. The number of aromatic nitrogens is 2. The maximum atomic E-state index is 13.0. The molecule has 4 nitrogen and oxygen atoms in total. The average molecular weight is 334 g/mol. The highest BCUT2D eigenvalue weighted by Crippen LogP contribution is 2.23. The van der Waals surface area contributed by atoms with Crippen molar-refractivity contribution in [2.75, 3.05) is 5.32 Å². The van der Waals surface area contributed by atoms with Crippen LogP contribution in [-0.4, -0.2) is 15.3 Å². The molecule has 0 spiro atoms. The van der Waals surface area contributed by atoms with Gasteiger partial charge in [-0.2, -0.15) is 9.36 Å². The Morgan fingerprint density at radius 3 is 2.68 bits per heavy atom. The van der Waals surface area contributed by atoms with Crippen LogP contribution in [0.5, 0.6) is 0 Å². The molecule has 0 unspecified atom stereocenters. The Hall–Kier alpha value is -2.31. The number of halogens is 2. The molecule has 7 heteroatoms. The minimum atomic E-state index is -0.496. The van der Waals surface area contributed by atoms with Crippen LogP contribution in [-0.2, 0) is 0 Å². The highest BCUT2D eigenvalue weighted by Gasteiger charge is 2.14. The van der Waals surface area contributed by atoms with Crippen molar-refractivity contribution in [3.8, 4) is 11.4 Å². The fourth-order valence-corrected chi connectivity index (χ4v) is 2.65. The van der Waals surface area contributed by atoms with E-state index in [1.165, 1.54) is 12.1 Å². The van der Waals surface area contributed by atoms with E-state index in [-0.39, 0.29) is 10.6 Å². The molecule has 0 aliphatic rings. The second kappa shape index (κ2) is 6.21. The Morgan fingerprint density at radius 2 is 1.95 bits per heavy atom. The molecule has 2 aromatic carbocycles. The van der Waals surface area contributed by atoms with Crippen LogP contribution in [0.3, 0.4) is 0 Å². The first-order chi connectivity index (χ1) is 10.6. The molecule has 110 valence electrons. The molecular weight excluding hydrogens is 325 g/mol. The number of nitrogens with zero attached hydrogens (tertiary/aromatic N) is 2. The number of anilines is 1. The number of carbonyl (C=O) groups excluding carboxylic acids is 1. The molecule has 0 saturated carbocycles. The van der Waals surface area contributed by atoms with E-state index in [1.807, 2.05) is 30.3 Å². The topological polar surface area (TPSA) is 54.9 Å². The van der Waals surface area contributed by atoms with E-state index in [4.69, 9.17) is 11.6 Å². The molecule has 0 fully saturated rings. The molecular formula is C15H9ClFN3OS. The van der Waals surface area contributed by atoms with Gasteiger partial charge in [0.1, 0.15) is 5.82 Å². The van der Waals surface area contributed by atoms with Crippen molar-refractivity contribution < 1.29 is 9.18 Å². The standard InChI is InChI=1S/C15H9ClFN3OS/c16-12-8-10(17)6-7-11(12)14(21)19-15-18-13(20-22-15)9-4-2-1-3-5-9/h1-8H,(H,18,19,20,21). The van der Waals surface area contributed by atoms with Gasteiger partial charge >= 0.3 is 0 Å². The van der Waals surface area contributed by atoms with Crippen LogP contribution >= 0.6 is 23.1 Å². The van der Waals surface area contributed by atoms with Crippen LogP contribution in [0.2, 0.25) is 5.02 Å². The summed E-state index contributed by atoms with van der Waals surface area (Å²) in [6.07, 6.45) is 0. The van der Waals surface area contributed by atoms with Gasteiger partial charge in [-0.1, -0.05) is 41.9 Å². The van der Waals surface area contributed by atoms with E-state index < -0.39 is 11.7 Å². The van der Waals surface area contributed by atoms with Crippen LogP contribution in [0.25, 0.3) is 11.4 Å². The number of hydrogen-bond acceptors (Lipinski definition) is 4. The van der Waals surface area contributed by atoms with Gasteiger partial charge in [-0.3, -0.25) is 10.1 Å². The summed E-state index contributed by atoms with van der Waals surface area (Å²) in [4.78, 5) is 16.4. The van der Waals surface area contributed by atoms with E-state index in [1.54, 1.807) is 0 Å². The first-order valence-electron chi connectivity index (χ1n) is 6.29. The lowest BCUT2D eigenvalue weighted by atomic mass is 10.2. The summed E-state index contributed by atoms with van der Waals surface area (Å²) < 4.78 is 17.2. The van der Waals surface area contributed by atoms with E-state index in [0.29, 0.717) is 11.0 Å². The van der Waals surface area contributed by atoms with Gasteiger partial charge in [0.15, 0.2) is 5.82 Å². The van der Waals surface area contributed by atoms with Crippen LogP contribution < -0.4 is 5.32 Å². The molecule has 22 heavy (non-hydrogen) atoms. The molecule has 0 radical (unpaired) electrons. The van der Waals surface area contributed by atoms with Crippen molar-refractivity contribution >= 4 is 34.2 Å². The van der Waals surface area contributed by atoms with Gasteiger partial charge in [-0.05, 0) is 18.2 Å². The largest absolute Gasteiger partial charge is 0.297 e. The number of hydrogen-bond donors (Lipinski definition) is 1. The first-order valence-corrected chi connectivity index (χ1v) is 7.44. The van der Waals surface area contributed by atoms with Gasteiger partial charge in [-0.15, -0.1) is 0 Å². The lowest BCUT2D eigenvalue weighted by Crippen LogP contribution is -2.12. The predicted octanol–water partition coefficient (Wildman–Crippen LogP) is 4.25. The molecule has 1 amide bonds. The van der Waals surface area contributed by atoms with Gasteiger partial charge in [0.05, 0.1) is 10.6 Å².